The zero-order valence-electron chi connectivity index (χ0n) is 41.3. The normalized spacial score (nSPS) is 17.4. The number of nitro groups is 1. The van der Waals surface area contributed by atoms with Crippen molar-refractivity contribution in [2.45, 2.75) is 70.9 Å². The number of fused-ring (bicyclic) bond motifs is 2. The van der Waals surface area contributed by atoms with Gasteiger partial charge in [-0.25, -0.2) is 23.3 Å². The summed E-state index contributed by atoms with van der Waals surface area (Å²) in [6.45, 7) is 0.953. The van der Waals surface area contributed by atoms with Crippen LogP contribution < -0.4 is 26.5 Å². The maximum atomic E-state index is 13.8. The molecule has 0 saturated carbocycles. The fraction of sp³-hybridized carbons (Fsp3) is 0.298. The average Bonchev–Trinajstić information content (AvgIpc) is 3.74. The number of hydrogen-bond acceptors (Lipinski definition) is 20. The standard InChI is InChI=1S/C47H44Cl2N3O25P3/c1-21(2)42(72-19-25-17-51(47(61)50-45(25)58)36-16-33(55)35(74-36)20-73-79(67,68)77-80(69,70)76-78(64,65)66)27-10-8-22(12-31(27)52(62)63)6-4-5-7-32(54)23-9-11-26(46(59)60)28(13-23)37-29-14-24(18-53)40(56)38(48)43(29)75-44-30(37)15-34(71-3)41(57)39(44)49/h8-15,17,21,33,35-36,42,53,55-56H,5,7,16,18-20H2,1-3H3,(H,59,60)(H,67,68)(H,69,70)(H,50,58,61)(H2,64,65,66)/p-1/t33-,35-,36-,42?/m1/s1. The lowest BCUT2D eigenvalue weighted by Gasteiger charge is -2.22. The van der Waals surface area contributed by atoms with Crippen molar-refractivity contribution in [3.63, 3.8) is 0 Å². The van der Waals surface area contributed by atoms with Gasteiger partial charge >= 0.3 is 35.1 Å². The monoisotopic (exact) mass is 1210 g/mol. The molecule has 0 spiro atoms. The SMILES string of the molecule is COc1cc2c(-c3cc(C(=O)CCC#Cc4ccc(C(OCc5cn([C@H]6C[C@@H](O)[C@@H](COP(=O)(O)OP(=O)(O)OP(=O)(O)O)O6)c(=O)[nH]c5=O)C(C)C)c([N+](=O)[O-])c4)ccc3C(=O)O)c3cc(CO)c([O-])c(Cl)c3oc-2c(Cl)c1=O. The van der Waals surface area contributed by atoms with E-state index in [1.54, 1.807) is 13.8 Å². The van der Waals surface area contributed by atoms with Crippen LogP contribution in [0.1, 0.15) is 88.4 Å². The van der Waals surface area contributed by atoms with Gasteiger partial charge < -0.3 is 58.6 Å². The van der Waals surface area contributed by atoms with Crippen molar-refractivity contribution in [1.82, 2.24) is 9.55 Å². The molecule has 6 atom stereocenters. The molecular formula is C47H43Cl2N3O25P3-. The number of rotatable bonds is 21. The van der Waals surface area contributed by atoms with Crippen LogP contribution in [0.25, 0.3) is 33.4 Å². The van der Waals surface area contributed by atoms with Gasteiger partial charge in [0, 0.05) is 59.2 Å². The van der Waals surface area contributed by atoms with E-state index in [1.165, 1.54) is 43.5 Å². The molecule has 80 heavy (non-hydrogen) atoms. The summed E-state index contributed by atoms with van der Waals surface area (Å²) in [6, 6.07) is 10.2. The first-order chi connectivity index (χ1) is 37.4. The van der Waals surface area contributed by atoms with E-state index in [1.807, 2.05) is 0 Å². The molecule has 3 aliphatic rings. The Kier molecular flexibility index (Phi) is 18.6. The predicted molar refractivity (Wildman–Crippen MR) is 275 cm³/mol. The lowest BCUT2D eigenvalue weighted by molar-refractivity contribution is -0.386. The van der Waals surface area contributed by atoms with E-state index in [0.717, 1.165) is 22.9 Å². The van der Waals surface area contributed by atoms with E-state index in [4.69, 9.17) is 51.6 Å². The average molecular weight is 1210 g/mol. The summed E-state index contributed by atoms with van der Waals surface area (Å²) in [6.07, 6.45) is -5.27. The third kappa shape index (κ3) is 13.6. The Morgan fingerprint density at radius 1 is 0.975 bits per heavy atom. The number of aliphatic hydroxyl groups excluding tert-OH is 2. The number of aromatic amines is 1. The first-order valence-electron chi connectivity index (χ1n) is 23.0. The third-order valence-corrected chi connectivity index (χ3v) is 16.5. The number of aliphatic hydroxyl groups is 2. The van der Waals surface area contributed by atoms with Crippen molar-refractivity contribution in [2.24, 2.45) is 5.92 Å². The summed E-state index contributed by atoms with van der Waals surface area (Å²) in [5, 5.41) is 55.5. The van der Waals surface area contributed by atoms with Crippen LogP contribution in [-0.2, 0) is 49.5 Å². The first kappa shape index (κ1) is 61.2. The highest BCUT2D eigenvalue weighted by atomic mass is 35.5. The number of nitro benzene ring substituents is 1. The van der Waals surface area contributed by atoms with Crippen molar-refractivity contribution in [3.8, 4) is 45.8 Å². The molecule has 1 fully saturated rings. The molecule has 0 bridgehead atoms. The van der Waals surface area contributed by atoms with Gasteiger partial charge in [0.05, 0.1) is 65.8 Å². The van der Waals surface area contributed by atoms with E-state index in [-0.39, 0.29) is 85.4 Å². The molecule has 2 aliphatic heterocycles. The number of phosphoric ester groups is 1. The molecule has 8 N–H and O–H groups in total. The van der Waals surface area contributed by atoms with Gasteiger partial charge in [-0.3, -0.25) is 38.6 Å². The molecule has 33 heteroatoms. The summed E-state index contributed by atoms with van der Waals surface area (Å²) in [5.41, 5.74) is -4.11. The highest BCUT2D eigenvalue weighted by molar-refractivity contribution is 7.66. The van der Waals surface area contributed by atoms with Gasteiger partial charge in [0.25, 0.3) is 11.2 Å². The topological polar surface area (TPSA) is 434 Å². The zero-order chi connectivity index (χ0) is 58.9. The fourth-order valence-corrected chi connectivity index (χ4v) is 11.9. The van der Waals surface area contributed by atoms with E-state index >= 15 is 0 Å². The number of aromatic nitrogens is 2. The molecule has 3 aromatic carbocycles. The number of carbonyl (C=O) groups is 2. The minimum absolute atomic E-state index is 0.00485. The Morgan fingerprint density at radius 2 is 1.69 bits per heavy atom. The molecule has 1 aromatic heterocycles. The van der Waals surface area contributed by atoms with Gasteiger partial charge in [0.1, 0.15) is 17.4 Å². The largest absolute Gasteiger partial charge is 0.871 e. The van der Waals surface area contributed by atoms with Crippen molar-refractivity contribution in [1.29, 1.82) is 0 Å². The third-order valence-electron chi connectivity index (χ3n) is 12.0. The second-order valence-corrected chi connectivity index (χ2v) is 22.9. The second kappa shape index (κ2) is 24.3. The minimum atomic E-state index is -5.86. The van der Waals surface area contributed by atoms with Crippen LogP contribution in [0.15, 0.2) is 73.5 Å². The summed E-state index contributed by atoms with van der Waals surface area (Å²) in [4.78, 5) is 116. The number of ketones is 1. The molecule has 3 unspecified atom stereocenters. The number of phosphoric acid groups is 3. The first-order valence-corrected chi connectivity index (χ1v) is 28.2. The number of H-pyrrole nitrogens is 1. The van der Waals surface area contributed by atoms with Gasteiger partial charge in [-0.05, 0) is 53.4 Å². The fourth-order valence-electron chi connectivity index (χ4n) is 8.42. The Bertz CT molecular complexity index is 3850. The highest BCUT2D eigenvalue weighted by Gasteiger charge is 2.43. The number of aromatic carboxylic acids is 1. The van der Waals surface area contributed by atoms with Gasteiger partial charge in [-0.2, -0.15) is 8.62 Å². The number of carboxylic acids is 1. The molecule has 4 aromatic rings. The number of methoxy groups -OCH3 is 1. The van der Waals surface area contributed by atoms with Crippen LogP contribution in [0.3, 0.4) is 0 Å². The molecule has 7 rings (SSSR count). The summed E-state index contributed by atoms with van der Waals surface area (Å²) in [7, 11) is -16.0. The molecule has 0 radical (unpaired) electrons. The van der Waals surface area contributed by atoms with Crippen molar-refractivity contribution in [3.05, 3.63) is 139 Å². The number of carboxylic acid groups (broad SMARTS) is 1. The Balaban J connectivity index is 1.08. The summed E-state index contributed by atoms with van der Waals surface area (Å²) in [5.74, 6) is 1.76. The highest BCUT2D eigenvalue weighted by Crippen LogP contribution is 2.66. The molecule has 426 valence electrons. The van der Waals surface area contributed by atoms with Gasteiger partial charge in [0.15, 0.2) is 22.9 Å². The number of Topliss-reactive ketones (excluding diaryl/α,β-unsaturated/α-hetero) is 1. The van der Waals surface area contributed by atoms with E-state index in [9.17, 15) is 78.0 Å². The van der Waals surface area contributed by atoms with Crippen LogP contribution >= 0.6 is 46.7 Å². The van der Waals surface area contributed by atoms with Crippen LogP contribution in [0.5, 0.6) is 11.5 Å². The molecule has 3 heterocycles. The van der Waals surface area contributed by atoms with Crippen LogP contribution in [-0.4, -0.2) is 87.0 Å². The van der Waals surface area contributed by atoms with Gasteiger partial charge in [-0.15, -0.1) is 0 Å². The quantitative estimate of drug-likeness (QED) is 0.0105. The lowest BCUT2D eigenvalue weighted by Crippen LogP contribution is -2.34. The zero-order valence-corrected chi connectivity index (χ0v) is 45.5. The lowest BCUT2D eigenvalue weighted by atomic mass is 9.88. The van der Waals surface area contributed by atoms with Crippen LogP contribution in [0, 0.1) is 27.9 Å². The van der Waals surface area contributed by atoms with Crippen molar-refractivity contribution in [2.75, 3.05) is 13.7 Å². The van der Waals surface area contributed by atoms with Crippen LogP contribution in [0.2, 0.25) is 10.0 Å². The number of halogens is 2. The van der Waals surface area contributed by atoms with E-state index in [2.05, 4.69) is 30.0 Å². The van der Waals surface area contributed by atoms with Crippen molar-refractivity contribution < 1.29 is 100.0 Å². The van der Waals surface area contributed by atoms with Crippen molar-refractivity contribution >= 4 is 75.1 Å². The summed E-state index contributed by atoms with van der Waals surface area (Å²) >= 11 is 12.9. The van der Waals surface area contributed by atoms with Gasteiger partial charge in [-0.1, -0.05) is 60.7 Å². The minimum Gasteiger partial charge on any atom is -0.871 e. The maximum absolute atomic E-state index is 13.8. The molecule has 28 nitrogen and oxygen atoms in total. The van der Waals surface area contributed by atoms with E-state index < -0.39 is 135 Å². The predicted octanol–water partition coefficient (Wildman–Crippen LogP) is 5.82. The molecular weight excluding hydrogens is 1170 g/mol. The molecule has 0 amide bonds. The number of hydrogen-bond donors (Lipinski definition) is 8. The Morgan fingerprint density at radius 3 is 2.33 bits per heavy atom. The number of nitrogens with zero attached hydrogens (tertiary/aromatic N) is 2. The van der Waals surface area contributed by atoms with Gasteiger partial charge in [0.2, 0.25) is 5.43 Å². The summed E-state index contributed by atoms with van der Waals surface area (Å²) < 4.78 is 70.2. The number of nitrogens with one attached hydrogen (secondary N) is 1. The number of carbonyl (C=O) groups excluding carboxylic acids is 1. The van der Waals surface area contributed by atoms with Crippen LogP contribution in [0.4, 0.5) is 5.69 Å². The number of ether oxygens (including phenoxy) is 3. The maximum Gasteiger partial charge on any atom is 0.490 e. The Hall–Kier alpha value is -6.44. The smallest absolute Gasteiger partial charge is 0.490 e. The number of benzene rings is 4. The molecule has 1 aliphatic carbocycles. The Labute approximate surface area is 458 Å². The second-order valence-electron chi connectivity index (χ2n) is 17.7. The van der Waals surface area contributed by atoms with E-state index in [0.29, 0.717) is 0 Å². The molecule has 1 saturated heterocycles.